The maximum Gasteiger partial charge on any atom is 0.319 e. The molecule has 0 saturated heterocycles. The molecule has 0 bridgehead atoms. The molecule has 0 radical (unpaired) electrons. The predicted octanol–water partition coefficient (Wildman–Crippen LogP) is 3.48. The molecule has 0 aliphatic heterocycles. The number of hydrogen-bond acceptors (Lipinski definition) is 3. The highest BCUT2D eigenvalue weighted by molar-refractivity contribution is 5.89. The fourth-order valence-corrected chi connectivity index (χ4v) is 1.82. The van der Waals surface area contributed by atoms with Crippen LogP contribution in [0.2, 0.25) is 0 Å². The summed E-state index contributed by atoms with van der Waals surface area (Å²) in [4.78, 5) is 11.9. The minimum absolute atomic E-state index is 0.200. The van der Waals surface area contributed by atoms with Gasteiger partial charge in [0.1, 0.15) is 17.3 Å². The van der Waals surface area contributed by atoms with Crippen LogP contribution in [-0.2, 0) is 0 Å². The topological polar surface area (TPSA) is 63.5 Å². The standard InChI is InChI=1S/C15H18N2O3/c1-10-7-8-14(20-10)11(2)16-15(18)17-12-5-4-6-13(9-12)19-3/h4-9,11H,1-3H3,(H2,16,17,18)/t11-/m1/s1. The lowest BCUT2D eigenvalue weighted by molar-refractivity contribution is 0.247. The van der Waals surface area contributed by atoms with E-state index in [4.69, 9.17) is 9.15 Å². The van der Waals surface area contributed by atoms with Crippen molar-refractivity contribution >= 4 is 11.7 Å². The van der Waals surface area contributed by atoms with Crippen LogP contribution in [0.5, 0.6) is 5.75 Å². The van der Waals surface area contributed by atoms with Gasteiger partial charge in [-0.15, -0.1) is 0 Å². The van der Waals surface area contributed by atoms with Crippen molar-refractivity contribution in [2.45, 2.75) is 19.9 Å². The molecule has 1 aromatic heterocycles. The van der Waals surface area contributed by atoms with Gasteiger partial charge in [0.15, 0.2) is 0 Å². The van der Waals surface area contributed by atoms with E-state index in [0.717, 1.165) is 11.5 Å². The second-order valence-corrected chi connectivity index (χ2v) is 4.50. The minimum Gasteiger partial charge on any atom is -0.497 e. The van der Waals surface area contributed by atoms with Gasteiger partial charge >= 0.3 is 6.03 Å². The van der Waals surface area contributed by atoms with E-state index in [9.17, 15) is 4.79 Å². The van der Waals surface area contributed by atoms with Gasteiger partial charge in [-0.25, -0.2) is 4.79 Å². The number of rotatable bonds is 4. The lowest BCUT2D eigenvalue weighted by atomic mass is 10.2. The average Bonchev–Trinajstić information content (AvgIpc) is 2.85. The van der Waals surface area contributed by atoms with E-state index in [-0.39, 0.29) is 12.1 Å². The molecule has 5 nitrogen and oxygen atoms in total. The fraction of sp³-hybridized carbons (Fsp3) is 0.267. The molecule has 2 aromatic rings. The minimum atomic E-state index is -0.292. The molecule has 0 saturated carbocycles. The second-order valence-electron chi connectivity index (χ2n) is 4.50. The van der Waals surface area contributed by atoms with Gasteiger partial charge in [-0.3, -0.25) is 0 Å². The van der Waals surface area contributed by atoms with Crippen molar-refractivity contribution in [3.63, 3.8) is 0 Å². The Hall–Kier alpha value is -2.43. The summed E-state index contributed by atoms with van der Waals surface area (Å²) in [5.74, 6) is 2.24. The Labute approximate surface area is 117 Å². The largest absolute Gasteiger partial charge is 0.497 e. The number of amides is 2. The molecule has 5 heteroatoms. The monoisotopic (exact) mass is 274 g/mol. The first kappa shape index (κ1) is 14.0. The van der Waals surface area contributed by atoms with Gasteiger partial charge in [-0.1, -0.05) is 6.07 Å². The van der Waals surface area contributed by atoms with E-state index >= 15 is 0 Å². The quantitative estimate of drug-likeness (QED) is 0.897. The summed E-state index contributed by atoms with van der Waals surface area (Å²) in [6.45, 7) is 3.73. The summed E-state index contributed by atoms with van der Waals surface area (Å²) in [5.41, 5.74) is 0.671. The average molecular weight is 274 g/mol. The molecule has 0 unspecified atom stereocenters. The number of anilines is 1. The number of nitrogens with one attached hydrogen (secondary N) is 2. The number of aryl methyl sites for hydroxylation is 1. The summed E-state index contributed by atoms with van der Waals surface area (Å²) in [6, 6.07) is 10.4. The van der Waals surface area contributed by atoms with Crippen LogP contribution in [0.1, 0.15) is 24.5 Å². The number of carbonyl (C=O) groups excluding carboxylic acids is 1. The van der Waals surface area contributed by atoms with Crippen molar-refractivity contribution < 1.29 is 13.9 Å². The van der Waals surface area contributed by atoms with Gasteiger partial charge in [-0.2, -0.15) is 0 Å². The highest BCUT2D eigenvalue weighted by Crippen LogP contribution is 2.18. The molecule has 0 aliphatic carbocycles. The molecule has 0 spiro atoms. The molecule has 2 N–H and O–H groups in total. The molecule has 2 amide bonds. The normalized spacial score (nSPS) is 11.8. The third kappa shape index (κ3) is 3.54. The van der Waals surface area contributed by atoms with E-state index < -0.39 is 0 Å². The van der Waals surface area contributed by atoms with Crippen molar-refractivity contribution in [2.24, 2.45) is 0 Å². The molecule has 1 heterocycles. The number of urea groups is 1. The number of ether oxygens (including phenoxy) is 1. The molecule has 1 atom stereocenters. The zero-order valence-corrected chi connectivity index (χ0v) is 11.8. The van der Waals surface area contributed by atoms with Crippen LogP contribution in [-0.4, -0.2) is 13.1 Å². The van der Waals surface area contributed by atoms with Crippen LogP contribution in [0, 0.1) is 6.92 Å². The van der Waals surface area contributed by atoms with Crippen molar-refractivity contribution in [1.29, 1.82) is 0 Å². The van der Waals surface area contributed by atoms with Gasteiger partial charge in [0.2, 0.25) is 0 Å². The molecule has 1 aromatic carbocycles. The van der Waals surface area contributed by atoms with Crippen LogP contribution in [0.15, 0.2) is 40.8 Å². The van der Waals surface area contributed by atoms with E-state index in [1.165, 1.54) is 0 Å². The van der Waals surface area contributed by atoms with E-state index in [1.807, 2.05) is 38.1 Å². The Bertz CT molecular complexity index is 592. The zero-order valence-electron chi connectivity index (χ0n) is 11.8. The SMILES string of the molecule is COc1cccc(NC(=O)N[C@H](C)c2ccc(C)o2)c1. The summed E-state index contributed by atoms with van der Waals surface area (Å²) in [5, 5.41) is 5.56. The van der Waals surface area contributed by atoms with Crippen LogP contribution in [0.3, 0.4) is 0 Å². The van der Waals surface area contributed by atoms with E-state index in [0.29, 0.717) is 11.4 Å². The number of hydrogen-bond donors (Lipinski definition) is 2. The highest BCUT2D eigenvalue weighted by Gasteiger charge is 2.12. The smallest absolute Gasteiger partial charge is 0.319 e. The lowest BCUT2D eigenvalue weighted by Crippen LogP contribution is -2.30. The lowest BCUT2D eigenvalue weighted by Gasteiger charge is -2.13. The number of benzene rings is 1. The third-order valence-electron chi connectivity index (χ3n) is 2.86. The first-order valence-corrected chi connectivity index (χ1v) is 6.36. The molecular weight excluding hydrogens is 256 g/mol. The van der Waals surface area contributed by atoms with Gasteiger partial charge in [0.05, 0.1) is 13.2 Å². The first-order valence-electron chi connectivity index (χ1n) is 6.36. The highest BCUT2D eigenvalue weighted by atomic mass is 16.5. The zero-order chi connectivity index (χ0) is 14.5. The van der Waals surface area contributed by atoms with Crippen molar-refractivity contribution in [2.75, 3.05) is 12.4 Å². The maximum absolute atomic E-state index is 11.9. The van der Waals surface area contributed by atoms with E-state index in [2.05, 4.69) is 10.6 Å². The third-order valence-corrected chi connectivity index (χ3v) is 2.86. The Balaban J connectivity index is 1.95. The summed E-state index contributed by atoms with van der Waals surface area (Å²) >= 11 is 0. The fourth-order valence-electron chi connectivity index (χ4n) is 1.82. The van der Waals surface area contributed by atoms with E-state index in [1.54, 1.807) is 19.2 Å². The second kappa shape index (κ2) is 6.14. The van der Waals surface area contributed by atoms with Crippen molar-refractivity contribution in [1.82, 2.24) is 5.32 Å². The molecule has 2 rings (SSSR count). The van der Waals surface area contributed by atoms with Crippen LogP contribution in [0.25, 0.3) is 0 Å². The number of methoxy groups -OCH3 is 1. The summed E-state index contributed by atoms with van der Waals surface area (Å²) < 4.78 is 10.6. The first-order chi connectivity index (χ1) is 9.58. The van der Waals surface area contributed by atoms with Crippen LogP contribution in [0.4, 0.5) is 10.5 Å². The van der Waals surface area contributed by atoms with Gasteiger partial charge in [0.25, 0.3) is 0 Å². The van der Waals surface area contributed by atoms with Crippen LogP contribution < -0.4 is 15.4 Å². The summed E-state index contributed by atoms with van der Waals surface area (Å²) in [7, 11) is 1.58. The Kier molecular flexibility index (Phi) is 4.30. The summed E-state index contributed by atoms with van der Waals surface area (Å²) in [6.07, 6.45) is 0. The van der Waals surface area contributed by atoms with Crippen LogP contribution >= 0.6 is 0 Å². The van der Waals surface area contributed by atoms with Gasteiger partial charge in [0, 0.05) is 11.8 Å². The molecule has 0 fully saturated rings. The van der Waals surface area contributed by atoms with Gasteiger partial charge in [-0.05, 0) is 38.1 Å². The molecular formula is C15H18N2O3. The predicted molar refractivity (Wildman–Crippen MR) is 77.0 cm³/mol. The number of furan rings is 1. The van der Waals surface area contributed by atoms with Crippen molar-refractivity contribution in [3.05, 3.63) is 47.9 Å². The maximum atomic E-state index is 11.9. The molecule has 0 aliphatic rings. The molecule has 106 valence electrons. The Morgan fingerprint density at radius 1 is 1.30 bits per heavy atom. The van der Waals surface area contributed by atoms with Gasteiger partial charge < -0.3 is 19.8 Å². The number of carbonyl (C=O) groups is 1. The Morgan fingerprint density at radius 2 is 2.10 bits per heavy atom. The Morgan fingerprint density at radius 3 is 2.75 bits per heavy atom. The molecule has 20 heavy (non-hydrogen) atoms. The van der Waals surface area contributed by atoms with Crippen molar-refractivity contribution in [3.8, 4) is 5.75 Å².